The third-order valence-corrected chi connectivity index (χ3v) is 5.13. The largest absolute Gasteiger partial charge is 0.489 e. The fourth-order valence-electron chi connectivity index (χ4n) is 3.64. The molecular formula is C20H27N3O3. The molecule has 0 aliphatic carbocycles. The van der Waals surface area contributed by atoms with Crippen molar-refractivity contribution < 1.29 is 14.6 Å². The van der Waals surface area contributed by atoms with Gasteiger partial charge < -0.3 is 19.5 Å². The topological polar surface area (TPSA) is 59.8 Å². The molecule has 2 aliphatic heterocycles. The van der Waals surface area contributed by atoms with Crippen LogP contribution in [0.15, 0.2) is 30.5 Å². The average Bonchev–Trinajstić information content (AvgIpc) is 3.17. The molecule has 0 spiro atoms. The Morgan fingerprint density at radius 3 is 2.62 bits per heavy atom. The molecule has 0 bridgehead atoms. The van der Waals surface area contributed by atoms with Crippen LogP contribution in [0.2, 0.25) is 0 Å². The van der Waals surface area contributed by atoms with E-state index in [2.05, 4.69) is 22.0 Å². The van der Waals surface area contributed by atoms with Crippen LogP contribution in [0.25, 0.3) is 0 Å². The van der Waals surface area contributed by atoms with Gasteiger partial charge in [-0.25, -0.2) is 0 Å². The summed E-state index contributed by atoms with van der Waals surface area (Å²) in [7, 11) is 0. The molecule has 6 heteroatoms. The summed E-state index contributed by atoms with van der Waals surface area (Å²) in [6.45, 7) is 7.12. The van der Waals surface area contributed by atoms with Crippen molar-refractivity contribution >= 4 is 5.69 Å². The summed E-state index contributed by atoms with van der Waals surface area (Å²) in [6.07, 6.45) is 5.15. The van der Waals surface area contributed by atoms with Crippen molar-refractivity contribution in [2.24, 2.45) is 0 Å². The first kappa shape index (κ1) is 17.2. The van der Waals surface area contributed by atoms with E-state index in [9.17, 15) is 5.11 Å². The summed E-state index contributed by atoms with van der Waals surface area (Å²) in [5.74, 6) is 0.852. The molecule has 140 valence electrons. The standard InChI is InChI=1S/C20H27N3O3/c1-15(24)18-12-23-13-20(2,26-19(23)21-18)14-25-17-8-6-16(7-9-17)22-10-4-3-5-11-22/h6-9,12,15,24H,3-5,10-11,13-14H2,1-2H3/t15-,20-/m1/s1. The van der Waals surface area contributed by atoms with Gasteiger partial charge in [-0.15, -0.1) is 0 Å². The number of hydrogen-bond donors (Lipinski definition) is 1. The highest BCUT2D eigenvalue weighted by atomic mass is 16.6. The zero-order valence-corrected chi connectivity index (χ0v) is 15.5. The number of aliphatic hydroxyl groups is 1. The molecule has 6 nitrogen and oxygen atoms in total. The van der Waals surface area contributed by atoms with Gasteiger partial charge in [0.2, 0.25) is 0 Å². The second-order valence-electron chi connectivity index (χ2n) is 7.63. The van der Waals surface area contributed by atoms with Gasteiger partial charge in [0.15, 0.2) is 5.60 Å². The number of rotatable bonds is 5. The van der Waals surface area contributed by atoms with Crippen LogP contribution in [0.1, 0.15) is 44.9 Å². The van der Waals surface area contributed by atoms with Crippen molar-refractivity contribution in [2.75, 3.05) is 24.6 Å². The number of ether oxygens (including phenoxy) is 2. The number of piperidine rings is 1. The number of aliphatic hydroxyl groups excluding tert-OH is 1. The molecule has 0 radical (unpaired) electrons. The maximum atomic E-state index is 9.62. The van der Waals surface area contributed by atoms with Crippen LogP contribution < -0.4 is 14.4 Å². The molecule has 0 saturated carbocycles. The minimum Gasteiger partial charge on any atom is -0.489 e. The fraction of sp³-hybridized carbons (Fsp3) is 0.550. The van der Waals surface area contributed by atoms with Crippen LogP contribution in [0.5, 0.6) is 11.8 Å². The SMILES string of the molecule is C[C@@H](O)c1cn2c(n1)O[C@@](C)(COc1ccc(N3CCCCC3)cc1)C2. The molecule has 1 aromatic heterocycles. The summed E-state index contributed by atoms with van der Waals surface area (Å²) >= 11 is 0. The van der Waals surface area contributed by atoms with Crippen molar-refractivity contribution in [2.45, 2.75) is 51.4 Å². The molecule has 0 unspecified atom stereocenters. The zero-order chi connectivity index (χ0) is 18.1. The highest BCUT2D eigenvalue weighted by Crippen LogP contribution is 2.31. The molecule has 0 amide bonds. The minimum absolute atomic E-state index is 0.448. The summed E-state index contributed by atoms with van der Waals surface area (Å²) in [6, 6.07) is 8.89. The summed E-state index contributed by atoms with van der Waals surface area (Å²) in [5, 5.41) is 9.62. The molecule has 1 aromatic carbocycles. The first-order valence-electron chi connectivity index (χ1n) is 9.44. The van der Waals surface area contributed by atoms with Crippen molar-refractivity contribution in [3.8, 4) is 11.8 Å². The Morgan fingerprint density at radius 2 is 1.96 bits per heavy atom. The molecule has 1 saturated heterocycles. The van der Waals surface area contributed by atoms with Gasteiger partial charge in [0.25, 0.3) is 6.01 Å². The van der Waals surface area contributed by atoms with E-state index in [4.69, 9.17) is 9.47 Å². The quantitative estimate of drug-likeness (QED) is 0.891. The Labute approximate surface area is 154 Å². The van der Waals surface area contributed by atoms with Crippen LogP contribution in [0, 0.1) is 0 Å². The molecule has 2 atom stereocenters. The van der Waals surface area contributed by atoms with E-state index in [1.807, 2.05) is 29.8 Å². The number of aromatic nitrogens is 2. The van der Waals surface area contributed by atoms with Crippen LogP contribution in [0.4, 0.5) is 5.69 Å². The van der Waals surface area contributed by atoms with Crippen molar-refractivity contribution in [3.63, 3.8) is 0 Å². The van der Waals surface area contributed by atoms with E-state index in [-0.39, 0.29) is 0 Å². The number of hydrogen-bond acceptors (Lipinski definition) is 5. The third-order valence-electron chi connectivity index (χ3n) is 5.13. The lowest BCUT2D eigenvalue weighted by Crippen LogP contribution is -2.38. The van der Waals surface area contributed by atoms with Gasteiger partial charge in [-0.2, -0.15) is 4.98 Å². The number of imidazole rings is 1. The summed E-state index contributed by atoms with van der Waals surface area (Å²) in [4.78, 5) is 6.77. The van der Waals surface area contributed by atoms with Crippen LogP contribution in [0.3, 0.4) is 0 Å². The number of nitrogens with zero attached hydrogens (tertiary/aromatic N) is 3. The molecule has 26 heavy (non-hydrogen) atoms. The maximum absolute atomic E-state index is 9.62. The second kappa shape index (κ2) is 6.83. The van der Waals surface area contributed by atoms with Gasteiger partial charge in [0, 0.05) is 25.0 Å². The molecule has 2 aromatic rings. The number of benzene rings is 1. The van der Waals surface area contributed by atoms with Crippen molar-refractivity contribution in [3.05, 3.63) is 36.2 Å². The molecule has 3 heterocycles. The fourth-order valence-corrected chi connectivity index (χ4v) is 3.64. The Morgan fingerprint density at radius 1 is 1.23 bits per heavy atom. The van der Waals surface area contributed by atoms with E-state index >= 15 is 0 Å². The van der Waals surface area contributed by atoms with E-state index in [1.165, 1.54) is 24.9 Å². The Kier molecular flexibility index (Phi) is 4.53. The molecule has 2 aliphatic rings. The van der Waals surface area contributed by atoms with E-state index in [0.29, 0.717) is 24.9 Å². The van der Waals surface area contributed by atoms with Gasteiger partial charge in [-0.1, -0.05) is 0 Å². The Balaban J connectivity index is 1.34. The summed E-state index contributed by atoms with van der Waals surface area (Å²) in [5.41, 5.74) is 1.45. The monoisotopic (exact) mass is 357 g/mol. The summed E-state index contributed by atoms with van der Waals surface area (Å²) < 4.78 is 13.9. The van der Waals surface area contributed by atoms with Crippen LogP contribution in [-0.4, -0.2) is 40.0 Å². The molecular weight excluding hydrogens is 330 g/mol. The lowest BCUT2D eigenvalue weighted by atomic mass is 10.1. The average molecular weight is 357 g/mol. The van der Waals surface area contributed by atoms with E-state index in [0.717, 1.165) is 18.8 Å². The predicted octanol–water partition coefficient (Wildman–Crippen LogP) is 3.16. The maximum Gasteiger partial charge on any atom is 0.297 e. The molecule has 1 N–H and O–H groups in total. The van der Waals surface area contributed by atoms with E-state index in [1.54, 1.807) is 6.92 Å². The Bertz CT molecular complexity index is 725. The minimum atomic E-state index is -0.586. The van der Waals surface area contributed by atoms with Gasteiger partial charge in [-0.05, 0) is 57.4 Å². The molecule has 4 rings (SSSR count). The second-order valence-corrected chi connectivity index (χ2v) is 7.63. The first-order valence-corrected chi connectivity index (χ1v) is 9.44. The number of fused-ring (bicyclic) bond motifs is 1. The van der Waals surface area contributed by atoms with Gasteiger partial charge in [0.05, 0.1) is 18.3 Å². The smallest absolute Gasteiger partial charge is 0.297 e. The Hall–Kier alpha value is -2.21. The zero-order valence-electron chi connectivity index (χ0n) is 15.5. The van der Waals surface area contributed by atoms with Gasteiger partial charge in [-0.3, -0.25) is 4.57 Å². The lowest BCUT2D eigenvalue weighted by molar-refractivity contribution is 0.0497. The van der Waals surface area contributed by atoms with Gasteiger partial charge in [0.1, 0.15) is 12.4 Å². The number of anilines is 1. The molecule has 1 fully saturated rings. The lowest BCUT2D eigenvalue weighted by Gasteiger charge is -2.29. The normalized spacial score (nSPS) is 23.4. The van der Waals surface area contributed by atoms with E-state index < -0.39 is 11.7 Å². The highest BCUT2D eigenvalue weighted by Gasteiger charge is 2.37. The van der Waals surface area contributed by atoms with Gasteiger partial charge >= 0.3 is 0 Å². The third kappa shape index (κ3) is 3.51. The highest BCUT2D eigenvalue weighted by molar-refractivity contribution is 5.49. The first-order chi connectivity index (χ1) is 12.5. The predicted molar refractivity (Wildman–Crippen MR) is 99.9 cm³/mol. The van der Waals surface area contributed by atoms with Crippen LogP contribution in [-0.2, 0) is 6.54 Å². The van der Waals surface area contributed by atoms with Crippen molar-refractivity contribution in [1.82, 2.24) is 9.55 Å². The van der Waals surface area contributed by atoms with Crippen molar-refractivity contribution in [1.29, 1.82) is 0 Å². The van der Waals surface area contributed by atoms with Crippen LogP contribution >= 0.6 is 0 Å².